The van der Waals surface area contributed by atoms with Crippen LogP contribution in [0.3, 0.4) is 0 Å². The fraction of sp³-hybridized carbons (Fsp3) is 0.562. The van der Waals surface area contributed by atoms with Crippen molar-refractivity contribution in [2.75, 3.05) is 13.1 Å². The maximum absolute atomic E-state index is 11.7. The fourth-order valence-electron chi connectivity index (χ4n) is 3.20. The highest BCUT2D eigenvalue weighted by molar-refractivity contribution is 5.75. The number of nitrogens with one attached hydrogen (secondary N) is 1. The van der Waals surface area contributed by atoms with Crippen LogP contribution in [-0.2, 0) is 11.2 Å². The van der Waals surface area contributed by atoms with Crippen LogP contribution in [-0.4, -0.2) is 24.2 Å². The molecule has 19 heavy (non-hydrogen) atoms. The highest BCUT2D eigenvalue weighted by atomic mass is 16.4. The molecule has 1 aromatic carbocycles. The summed E-state index contributed by atoms with van der Waals surface area (Å²) >= 11 is 0. The molecule has 1 fully saturated rings. The molecule has 0 bridgehead atoms. The Bertz CT molecular complexity index is 465. The topological polar surface area (TPSA) is 49.3 Å². The van der Waals surface area contributed by atoms with E-state index in [1.54, 1.807) is 0 Å². The number of hydrogen-bond donors (Lipinski definition) is 2. The molecule has 1 aliphatic rings. The lowest BCUT2D eigenvalue weighted by Crippen LogP contribution is -2.43. The van der Waals surface area contributed by atoms with Crippen LogP contribution < -0.4 is 5.32 Å². The molecule has 3 nitrogen and oxygen atoms in total. The van der Waals surface area contributed by atoms with E-state index < -0.39 is 11.4 Å². The summed E-state index contributed by atoms with van der Waals surface area (Å²) in [6, 6.07) is 4.30. The lowest BCUT2D eigenvalue weighted by atomic mass is 9.73. The van der Waals surface area contributed by atoms with Gasteiger partial charge in [-0.25, -0.2) is 0 Å². The number of carboxylic acids is 1. The first-order valence-electron chi connectivity index (χ1n) is 6.95. The molecular weight excluding hydrogens is 238 g/mol. The summed E-state index contributed by atoms with van der Waals surface area (Å²) in [5.74, 6) is -0.645. The number of aliphatic carboxylic acids is 1. The van der Waals surface area contributed by atoms with E-state index in [-0.39, 0.29) is 0 Å². The third kappa shape index (κ3) is 2.81. The quantitative estimate of drug-likeness (QED) is 0.879. The fourth-order valence-corrected chi connectivity index (χ4v) is 3.20. The Morgan fingerprint density at radius 3 is 2.21 bits per heavy atom. The SMILES string of the molecule is Cc1cc(C)c(CC2(C(=O)O)CCNCC2)c(C)c1. The summed E-state index contributed by atoms with van der Waals surface area (Å²) < 4.78 is 0. The van der Waals surface area contributed by atoms with Gasteiger partial charge in [-0.1, -0.05) is 17.7 Å². The van der Waals surface area contributed by atoms with Gasteiger partial charge in [-0.2, -0.15) is 0 Å². The summed E-state index contributed by atoms with van der Waals surface area (Å²) in [5.41, 5.74) is 4.31. The van der Waals surface area contributed by atoms with Crippen LogP contribution in [0.4, 0.5) is 0 Å². The van der Waals surface area contributed by atoms with E-state index in [9.17, 15) is 9.90 Å². The minimum Gasteiger partial charge on any atom is -0.481 e. The Labute approximate surface area is 115 Å². The molecular formula is C16H23NO2. The van der Waals surface area contributed by atoms with Crippen molar-refractivity contribution in [1.29, 1.82) is 0 Å². The van der Waals surface area contributed by atoms with Gasteiger partial charge in [0, 0.05) is 0 Å². The molecule has 1 aromatic rings. The normalized spacial score (nSPS) is 18.3. The van der Waals surface area contributed by atoms with Gasteiger partial charge in [0.2, 0.25) is 0 Å². The summed E-state index contributed by atoms with van der Waals surface area (Å²) in [5, 5.41) is 12.9. The minimum absolute atomic E-state index is 0.587. The molecule has 0 saturated carbocycles. The Balaban J connectivity index is 2.35. The van der Waals surface area contributed by atoms with E-state index in [1.165, 1.54) is 22.3 Å². The van der Waals surface area contributed by atoms with Gasteiger partial charge >= 0.3 is 5.97 Å². The van der Waals surface area contributed by atoms with Crippen LogP contribution in [0.5, 0.6) is 0 Å². The number of carboxylic acid groups (broad SMARTS) is 1. The van der Waals surface area contributed by atoms with Crippen LogP contribution >= 0.6 is 0 Å². The van der Waals surface area contributed by atoms with E-state index in [0.717, 1.165) is 25.9 Å². The molecule has 0 atom stereocenters. The molecule has 104 valence electrons. The van der Waals surface area contributed by atoms with Crippen molar-refractivity contribution >= 4 is 5.97 Å². The van der Waals surface area contributed by atoms with Crippen LogP contribution in [0.25, 0.3) is 0 Å². The van der Waals surface area contributed by atoms with Crippen molar-refractivity contribution < 1.29 is 9.90 Å². The van der Waals surface area contributed by atoms with Gasteiger partial charge in [0.25, 0.3) is 0 Å². The molecule has 1 saturated heterocycles. The molecule has 0 radical (unpaired) electrons. The second-order valence-electron chi connectivity index (χ2n) is 5.89. The van der Waals surface area contributed by atoms with Gasteiger partial charge in [-0.15, -0.1) is 0 Å². The van der Waals surface area contributed by atoms with Crippen LogP contribution in [0.15, 0.2) is 12.1 Å². The van der Waals surface area contributed by atoms with Crippen molar-refractivity contribution in [3.63, 3.8) is 0 Å². The average molecular weight is 261 g/mol. The predicted octanol–water partition coefficient (Wildman–Crippen LogP) is 2.61. The second kappa shape index (κ2) is 5.33. The van der Waals surface area contributed by atoms with Crippen LogP contribution in [0.1, 0.15) is 35.1 Å². The molecule has 2 rings (SSSR count). The molecule has 3 heteroatoms. The average Bonchev–Trinajstić information content (AvgIpc) is 2.35. The second-order valence-corrected chi connectivity index (χ2v) is 5.89. The van der Waals surface area contributed by atoms with Crippen molar-refractivity contribution in [1.82, 2.24) is 5.32 Å². The summed E-state index contributed by atoms with van der Waals surface area (Å²) in [6.45, 7) is 7.87. The largest absolute Gasteiger partial charge is 0.481 e. The molecule has 0 spiro atoms. The van der Waals surface area contributed by atoms with Crippen molar-refractivity contribution in [3.05, 3.63) is 34.4 Å². The Hall–Kier alpha value is -1.35. The molecule has 0 aliphatic carbocycles. The summed E-state index contributed by atoms with van der Waals surface area (Å²) in [4.78, 5) is 11.7. The van der Waals surface area contributed by atoms with Gasteiger partial charge in [-0.3, -0.25) is 4.79 Å². The first kappa shape index (κ1) is 14.1. The molecule has 1 heterocycles. The van der Waals surface area contributed by atoms with Gasteiger partial charge in [0.05, 0.1) is 5.41 Å². The molecule has 0 amide bonds. The zero-order valence-electron chi connectivity index (χ0n) is 12.0. The van der Waals surface area contributed by atoms with Crippen molar-refractivity contribution in [3.8, 4) is 0 Å². The van der Waals surface area contributed by atoms with E-state index in [2.05, 4.69) is 38.2 Å². The Morgan fingerprint density at radius 2 is 1.74 bits per heavy atom. The summed E-state index contributed by atoms with van der Waals surface area (Å²) in [7, 11) is 0. The zero-order chi connectivity index (χ0) is 14.0. The van der Waals surface area contributed by atoms with Gasteiger partial charge in [0.15, 0.2) is 0 Å². The van der Waals surface area contributed by atoms with Crippen LogP contribution in [0, 0.1) is 26.2 Å². The maximum Gasteiger partial charge on any atom is 0.310 e. The Kier molecular flexibility index (Phi) is 3.95. The predicted molar refractivity (Wildman–Crippen MR) is 76.5 cm³/mol. The van der Waals surface area contributed by atoms with E-state index >= 15 is 0 Å². The highest BCUT2D eigenvalue weighted by Crippen LogP contribution is 2.35. The lowest BCUT2D eigenvalue weighted by Gasteiger charge is -2.34. The zero-order valence-corrected chi connectivity index (χ0v) is 12.0. The minimum atomic E-state index is -0.645. The first-order chi connectivity index (χ1) is 8.94. The number of piperidine rings is 1. The molecule has 0 unspecified atom stereocenters. The van der Waals surface area contributed by atoms with Gasteiger partial charge in [0.1, 0.15) is 0 Å². The van der Waals surface area contributed by atoms with Crippen molar-refractivity contribution in [2.24, 2.45) is 5.41 Å². The van der Waals surface area contributed by atoms with Crippen LogP contribution in [0.2, 0.25) is 0 Å². The van der Waals surface area contributed by atoms with E-state index in [1.807, 2.05) is 0 Å². The third-order valence-electron chi connectivity index (χ3n) is 4.37. The number of hydrogen-bond acceptors (Lipinski definition) is 2. The van der Waals surface area contributed by atoms with Gasteiger partial charge in [-0.05, 0) is 69.8 Å². The molecule has 1 aliphatic heterocycles. The number of aryl methyl sites for hydroxylation is 3. The van der Waals surface area contributed by atoms with Crippen molar-refractivity contribution in [2.45, 2.75) is 40.0 Å². The smallest absolute Gasteiger partial charge is 0.310 e. The Morgan fingerprint density at radius 1 is 1.21 bits per heavy atom. The third-order valence-corrected chi connectivity index (χ3v) is 4.37. The first-order valence-corrected chi connectivity index (χ1v) is 6.95. The monoisotopic (exact) mass is 261 g/mol. The van der Waals surface area contributed by atoms with Gasteiger partial charge < -0.3 is 10.4 Å². The molecule has 2 N–H and O–H groups in total. The maximum atomic E-state index is 11.7. The number of carbonyl (C=O) groups is 1. The number of rotatable bonds is 3. The summed E-state index contributed by atoms with van der Waals surface area (Å²) in [6.07, 6.45) is 2.09. The van der Waals surface area contributed by atoms with E-state index in [0.29, 0.717) is 6.42 Å². The number of benzene rings is 1. The van der Waals surface area contributed by atoms with E-state index in [4.69, 9.17) is 0 Å². The standard InChI is InChI=1S/C16H23NO2/c1-11-8-12(2)14(13(3)9-11)10-16(15(18)19)4-6-17-7-5-16/h8-9,17H,4-7,10H2,1-3H3,(H,18,19). The lowest BCUT2D eigenvalue weighted by molar-refractivity contribution is -0.150. The molecule has 0 aromatic heterocycles. The highest BCUT2D eigenvalue weighted by Gasteiger charge is 2.40.